The Morgan fingerprint density at radius 1 is 1.38 bits per heavy atom. The quantitative estimate of drug-likeness (QED) is 0.489. The number of imidazole rings is 1. The van der Waals surface area contributed by atoms with Gasteiger partial charge in [-0.05, 0) is 17.5 Å². The lowest BCUT2D eigenvalue weighted by Gasteiger charge is -2.14. The summed E-state index contributed by atoms with van der Waals surface area (Å²) in [6.45, 7) is 0.967. The molecule has 1 aromatic carbocycles. The van der Waals surface area contributed by atoms with E-state index in [9.17, 15) is 5.11 Å². The summed E-state index contributed by atoms with van der Waals surface area (Å²) >= 11 is 1.61. The maximum absolute atomic E-state index is 10.4. The Labute approximate surface area is 144 Å². The normalized spacial score (nSPS) is 13.2. The van der Waals surface area contributed by atoms with E-state index in [0.29, 0.717) is 19.0 Å². The molecule has 0 amide bonds. The van der Waals surface area contributed by atoms with Crippen LogP contribution in [0.15, 0.2) is 47.7 Å². The van der Waals surface area contributed by atoms with Crippen LogP contribution >= 0.6 is 11.3 Å². The van der Waals surface area contributed by atoms with Crippen molar-refractivity contribution in [2.24, 2.45) is 12.0 Å². The summed E-state index contributed by atoms with van der Waals surface area (Å²) in [5.74, 6) is 1.56. The Hall–Kier alpha value is -2.38. The van der Waals surface area contributed by atoms with Gasteiger partial charge in [0.15, 0.2) is 5.96 Å². The summed E-state index contributed by atoms with van der Waals surface area (Å²) in [7, 11) is 3.66. The Bertz CT molecular complexity index is 805. The van der Waals surface area contributed by atoms with Gasteiger partial charge in [-0.3, -0.25) is 4.99 Å². The van der Waals surface area contributed by atoms with E-state index in [4.69, 9.17) is 0 Å². The van der Waals surface area contributed by atoms with Gasteiger partial charge in [0.2, 0.25) is 0 Å². The first-order chi connectivity index (χ1) is 11.7. The largest absolute Gasteiger partial charge is 0.386 e. The molecule has 0 spiro atoms. The Kier molecular flexibility index (Phi) is 5.12. The van der Waals surface area contributed by atoms with Crippen molar-refractivity contribution in [3.8, 4) is 0 Å². The van der Waals surface area contributed by atoms with E-state index in [0.717, 1.165) is 16.1 Å². The molecule has 126 valence electrons. The minimum absolute atomic E-state index is 0.396. The first kappa shape index (κ1) is 16.5. The molecule has 3 rings (SSSR count). The van der Waals surface area contributed by atoms with Crippen LogP contribution in [0.3, 0.4) is 0 Å². The molecule has 3 N–H and O–H groups in total. The van der Waals surface area contributed by atoms with E-state index in [-0.39, 0.29) is 0 Å². The SMILES string of the molecule is CN=C(NCc1nccn1C)NCC(O)c1cc2ccccc2s1. The van der Waals surface area contributed by atoms with Gasteiger partial charge < -0.3 is 20.3 Å². The maximum Gasteiger partial charge on any atom is 0.191 e. The predicted molar refractivity (Wildman–Crippen MR) is 98.2 cm³/mol. The second kappa shape index (κ2) is 7.46. The molecule has 1 unspecified atom stereocenters. The van der Waals surface area contributed by atoms with Crippen molar-refractivity contribution in [1.82, 2.24) is 20.2 Å². The van der Waals surface area contributed by atoms with Crippen LogP contribution in [0.25, 0.3) is 10.1 Å². The molecule has 0 bridgehead atoms. The number of rotatable bonds is 5. The number of aryl methyl sites for hydroxylation is 1. The van der Waals surface area contributed by atoms with Crippen LogP contribution in [0, 0.1) is 0 Å². The Morgan fingerprint density at radius 3 is 2.92 bits per heavy atom. The van der Waals surface area contributed by atoms with Gasteiger partial charge in [-0.15, -0.1) is 11.3 Å². The molecular formula is C17H21N5OS. The Morgan fingerprint density at radius 2 is 2.21 bits per heavy atom. The molecule has 7 heteroatoms. The van der Waals surface area contributed by atoms with Crippen LogP contribution in [0.1, 0.15) is 16.8 Å². The van der Waals surface area contributed by atoms with E-state index < -0.39 is 6.10 Å². The lowest BCUT2D eigenvalue weighted by Crippen LogP contribution is -2.39. The van der Waals surface area contributed by atoms with Crippen LogP contribution in [0.5, 0.6) is 0 Å². The maximum atomic E-state index is 10.4. The summed E-state index contributed by atoms with van der Waals surface area (Å²) in [4.78, 5) is 9.38. The van der Waals surface area contributed by atoms with Gasteiger partial charge in [0.05, 0.1) is 6.54 Å². The fourth-order valence-electron chi connectivity index (χ4n) is 2.41. The van der Waals surface area contributed by atoms with Crippen molar-refractivity contribution in [2.75, 3.05) is 13.6 Å². The molecule has 0 saturated heterocycles. The number of thiophene rings is 1. The number of fused-ring (bicyclic) bond motifs is 1. The molecule has 0 aliphatic rings. The zero-order valence-corrected chi connectivity index (χ0v) is 14.5. The van der Waals surface area contributed by atoms with E-state index in [1.807, 2.05) is 36.0 Å². The van der Waals surface area contributed by atoms with Crippen molar-refractivity contribution >= 4 is 27.4 Å². The van der Waals surface area contributed by atoms with Crippen molar-refractivity contribution in [2.45, 2.75) is 12.6 Å². The fourth-order valence-corrected chi connectivity index (χ4v) is 3.46. The van der Waals surface area contributed by atoms with Gasteiger partial charge in [-0.2, -0.15) is 0 Å². The van der Waals surface area contributed by atoms with Crippen LogP contribution < -0.4 is 10.6 Å². The van der Waals surface area contributed by atoms with Crippen LogP contribution in [-0.4, -0.2) is 34.2 Å². The number of aliphatic hydroxyl groups is 1. The molecule has 2 heterocycles. The average Bonchev–Trinajstić information content (AvgIpc) is 3.20. The van der Waals surface area contributed by atoms with Crippen molar-refractivity contribution in [1.29, 1.82) is 0 Å². The number of nitrogens with zero attached hydrogens (tertiary/aromatic N) is 3. The molecule has 24 heavy (non-hydrogen) atoms. The summed E-state index contributed by atoms with van der Waals surface area (Å²) in [5.41, 5.74) is 0. The van der Waals surface area contributed by atoms with Gasteiger partial charge >= 0.3 is 0 Å². The van der Waals surface area contributed by atoms with Crippen LogP contribution in [0.2, 0.25) is 0 Å². The number of nitrogens with one attached hydrogen (secondary N) is 2. The number of hydrogen-bond acceptors (Lipinski definition) is 4. The molecule has 0 radical (unpaired) electrons. The van der Waals surface area contributed by atoms with E-state index in [2.05, 4.69) is 32.7 Å². The molecule has 0 fully saturated rings. The van der Waals surface area contributed by atoms with Gasteiger partial charge in [-0.1, -0.05) is 18.2 Å². The van der Waals surface area contributed by atoms with Gasteiger partial charge in [0.1, 0.15) is 11.9 Å². The number of aromatic nitrogens is 2. The molecule has 0 aliphatic carbocycles. The van der Waals surface area contributed by atoms with Crippen LogP contribution in [0.4, 0.5) is 0 Å². The molecular weight excluding hydrogens is 322 g/mol. The summed E-state index contributed by atoms with van der Waals surface area (Å²) in [6.07, 6.45) is 3.09. The smallest absolute Gasteiger partial charge is 0.191 e. The predicted octanol–water partition coefficient (Wildman–Crippen LogP) is 2.03. The third-order valence-corrected chi connectivity index (χ3v) is 5.01. The van der Waals surface area contributed by atoms with Crippen molar-refractivity contribution in [3.63, 3.8) is 0 Å². The highest BCUT2D eigenvalue weighted by molar-refractivity contribution is 7.19. The van der Waals surface area contributed by atoms with Gasteiger partial charge in [0.25, 0.3) is 0 Å². The van der Waals surface area contributed by atoms with Crippen molar-refractivity contribution < 1.29 is 5.11 Å². The number of guanidine groups is 1. The third-order valence-electron chi connectivity index (χ3n) is 3.79. The minimum atomic E-state index is -0.575. The van der Waals surface area contributed by atoms with E-state index in [1.54, 1.807) is 24.6 Å². The van der Waals surface area contributed by atoms with Gasteiger partial charge in [0, 0.05) is 42.6 Å². The monoisotopic (exact) mass is 343 g/mol. The highest BCUT2D eigenvalue weighted by atomic mass is 32.1. The zero-order chi connectivity index (χ0) is 16.9. The summed E-state index contributed by atoms with van der Waals surface area (Å²) in [6, 6.07) is 10.2. The highest BCUT2D eigenvalue weighted by Crippen LogP contribution is 2.29. The minimum Gasteiger partial charge on any atom is -0.386 e. The lowest BCUT2D eigenvalue weighted by molar-refractivity contribution is 0.184. The summed E-state index contributed by atoms with van der Waals surface area (Å²) < 4.78 is 3.13. The molecule has 1 atom stereocenters. The van der Waals surface area contributed by atoms with Crippen LogP contribution in [-0.2, 0) is 13.6 Å². The zero-order valence-electron chi connectivity index (χ0n) is 13.7. The number of aliphatic imine (C=N–C) groups is 1. The number of hydrogen-bond donors (Lipinski definition) is 3. The third kappa shape index (κ3) is 3.74. The second-order valence-electron chi connectivity index (χ2n) is 5.46. The molecule has 0 saturated carbocycles. The number of aliphatic hydroxyl groups excluding tert-OH is 1. The lowest BCUT2D eigenvalue weighted by atomic mass is 10.2. The standard InChI is InChI=1S/C17H21N5OS/c1-18-17(21-11-16-19-7-8-22(16)2)20-10-13(23)15-9-12-5-3-4-6-14(12)24-15/h3-9,13,23H,10-11H2,1-2H3,(H2,18,20,21). The number of benzene rings is 1. The first-order valence-electron chi connectivity index (χ1n) is 7.74. The molecule has 2 aromatic heterocycles. The summed E-state index contributed by atoms with van der Waals surface area (Å²) in [5, 5.41) is 17.9. The Balaban J connectivity index is 1.55. The second-order valence-corrected chi connectivity index (χ2v) is 6.58. The molecule has 3 aromatic rings. The molecule has 0 aliphatic heterocycles. The van der Waals surface area contributed by atoms with E-state index in [1.165, 1.54) is 4.70 Å². The topological polar surface area (TPSA) is 74.5 Å². The van der Waals surface area contributed by atoms with Gasteiger partial charge in [-0.25, -0.2) is 4.98 Å². The first-order valence-corrected chi connectivity index (χ1v) is 8.56. The highest BCUT2D eigenvalue weighted by Gasteiger charge is 2.12. The van der Waals surface area contributed by atoms with E-state index >= 15 is 0 Å². The van der Waals surface area contributed by atoms with Crippen molar-refractivity contribution in [3.05, 3.63) is 53.4 Å². The molecule has 6 nitrogen and oxygen atoms in total. The fraction of sp³-hybridized carbons (Fsp3) is 0.294. The average molecular weight is 343 g/mol.